The van der Waals surface area contributed by atoms with Gasteiger partial charge in [-0.15, -0.1) is 0 Å². The van der Waals surface area contributed by atoms with Crippen molar-refractivity contribution in [1.29, 1.82) is 0 Å². The van der Waals surface area contributed by atoms with Crippen LogP contribution in [0, 0.1) is 29.0 Å². The van der Waals surface area contributed by atoms with E-state index in [1.54, 1.807) is 5.32 Å². The quantitative estimate of drug-likeness (QED) is 0.334. The molecule has 5 N–H and O–H groups in total. The van der Waals surface area contributed by atoms with Gasteiger partial charge in [-0.3, -0.25) is 24.0 Å². The van der Waals surface area contributed by atoms with Gasteiger partial charge in [0.25, 0.3) is 5.91 Å². The number of rotatable bonds is 8. The number of primary amides is 1. The number of fused-ring (bicyclic) bond motifs is 2. The van der Waals surface area contributed by atoms with Crippen molar-refractivity contribution in [2.24, 2.45) is 28.9 Å². The van der Waals surface area contributed by atoms with Gasteiger partial charge in [-0.25, -0.2) is 4.39 Å². The summed E-state index contributed by atoms with van der Waals surface area (Å²) in [4.78, 5) is 64.6. The van der Waals surface area contributed by atoms with Crippen LogP contribution in [-0.2, 0) is 24.0 Å². The minimum Gasteiger partial charge on any atom is -0.478 e. The number of likely N-dealkylation sites (tertiary alicyclic amines) is 1. The number of nitrogens with zero attached hydrogens (tertiary/aromatic N) is 1. The SMILES string of the molecule is CC(C)[C@H](NC(=O)C(F)(F)F)C(=O)N1C[C@H]2[C@@H]([C@H]1C(=O)N[C@@H](C[C@@H]1Oc3ccc(F)cc3NC1=O)C(N)=O)C2(C)C. The lowest BCUT2D eigenvalue weighted by Gasteiger charge is -2.35. The van der Waals surface area contributed by atoms with Crippen molar-refractivity contribution in [3.05, 3.63) is 24.0 Å². The number of hydrogen-bond donors (Lipinski definition) is 4. The molecule has 0 bridgehead atoms. The maximum atomic E-state index is 13.6. The Balaban J connectivity index is 1.52. The van der Waals surface area contributed by atoms with Gasteiger partial charge in [-0.1, -0.05) is 27.7 Å². The van der Waals surface area contributed by atoms with Gasteiger partial charge < -0.3 is 31.3 Å². The molecule has 5 amide bonds. The van der Waals surface area contributed by atoms with Crippen molar-refractivity contribution in [2.75, 3.05) is 11.9 Å². The van der Waals surface area contributed by atoms with Crippen LogP contribution < -0.4 is 26.4 Å². The highest BCUT2D eigenvalue weighted by molar-refractivity contribution is 5.99. The number of nitrogens with two attached hydrogens (primary N) is 1. The number of hydrogen-bond acceptors (Lipinski definition) is 6. The Morgan fingerprint density at radius 2 is 1.85 bits per heavy atom. The van der Waals surface area contributed by atoms with Gasteiger partial charge in [0.1, 0.15) is 29.7 Å². The third kappa shape index (κ3) is 5.79. The first-order valence-electron chi connectivity index (χ1n) is 13.0. The third-order valence-electron chi connectivity index (χ3n) is 8.11. The van der Waals surface area contributed by atoms with Crippen LogP contribution >= 0.6 is 0 Å². The van der Waals surface area contributed by atoms with Gasteiger partial charge in [-0.05, 0) is 35.3 Å². The number of carbonyl (C=O) groups excluding carboxylic acids is 5. The summed E-state index contributed by atoms with van der Waals surface area (Å²) in [7, 11) is 0. The van der Waals surface area contributed by atoms with E-state index in [2.05, 4.69) is 10.6 Å². The Morgan fingerprint density at radius 3 is 2.44 bits per heavy atom. The van der Waals surface area contributed by atoms with Gasteiger partial charge >= 0.3 is 12.1 Å². The van der Waals surface area contributed by atoms with Crippen LogP contribution in [0.5, 0.6) is 5.75 Å². The van der Waals surface area contributed by atoms with Crippen LogP contribution in [0.3, 0.4) is 0 Å². The molecule has 41 heavy (non-hydrogen) atoms. The summed E-state index contributed by atoms with van der Waals surface area (Å²) < 4.78 is 57.9. The van der Waals surface area contributed by atoms with Crippen LogP contribution in [-0.4, -0.2) is 71.4 Å². The van der Waals surface area contributed by atoms with Crippen LogP contribution in [0.4, 0.5) is 23.2 Å². The number of anilines is 1. The molecule has 0 spiro atoms. The molecule has 1 saturated carbocycles. The lowest BCUT2D eigenvalue weighted by molar-refractivity contribution is -0.175. The minimum atomic E-state index is -5.21. The second kappa shape index (κ2) is 10.5. The van der Waals surface area contributed by atoms with E-state index < -0.39 is 78.1 Å². The Morgan fingerprint density at radius 1 is 1.20 bits per heavy atom. The van der Waals surface area contributed by atoms with Gasteiger partial charge in [0.2, 0.25) is 17.7 Å². The van der Waals surface area contributed by atoms with Crippen LogP contribution in [0.1, 0.15) is 34.1 Å². The predicted octanol–water partition coefficient (Wildman–Crippen LogP) is 1.07. The molecular weight excluding hydrogens is 554 g/mol. The summed E-state index contributed by atoms with van der Waals surface area (Å²) >= 11 is 0. The average Bonchev–Trinajstić information content (AvgIpc) is 3.19. The molecule has 3 aliphatic rings. The molecule has 1 aliphatic carbocycles. The fraction of sp³-hybridized carbons (Fsp3) is 0.577. The summed E-state index contributed by atoms with van der Waals surface area (Å²) in [5.74, 6) is -7.36. The Labute approximate surface area is 232 Å². The molecular formula is C26H31F4N5O6. The highest BCUT2D eigenvalue weighted by atomic mass is 19.4. The van der Waals surface area contributed by atoms with E-state index in [1.807, 2.05) is 13.8 Å². The Hall–Kier alpha value is -3.91. The first kappa shape index (κ1) is 30.1. The number of piperidine rings is 1. The second-order valence-corrected chi connectivity index (χ2v) is 11.5. The predicted molar refractivity (Wildman–Crippen MR) is 134 cm³/mol. The summed E-state index contributed by atoms with van der Waals surface area (Å²) in [6, 6.07) is -0.701. The highest BCUT2D eigenvalue weighted by Crippen LogP contribution is 2.65. The lowest BCUT2D eigenvalue weighted by atomic mass is 9.96. The molecule has 224 valence electrons. The monoisotopic (exact) mass is 585 g/mol. The summed E-state index contributed by atoms with van der Waals surface area (Å²) in [5.41, 5.74) is 5.22. The van der Waals surface area contributed by atoms with E-state index in [-0.39, 0.29) is 35.2 Å². The molecule has 2 heterocycles. The number of ether oxygens (including phenoxy) is 1. The number of benzene rings is 1. The molecule has 0 radical (unpaired) electrons. The van der Waals surface area contributed by atoms with Gasteiger partial charge in [0.15, 0.2) is 6.10 Å². The number of carbonyl (C=O) groups is 5. The first-order valence-corrected chi connectivity index (χ1v) is 13.0. The first-order chi connectivity index (χ1) is 18.9. The zero-order valence-electron chi connectivity index (χ0n) is 22.7. The highest BCUT2D eigenvalue weighted by Gasteiger charge is 2.69. The molecule has 4 rings (SSSR count). The van der Waals surface area contributed by atoms with Gasteiger partial charge in [-0.2, -0.15) is 13.2 Å². The summed E-state index contributed by atoms with van der Waals surface area (Å²) in [6.45, 7) is 6.73. The fourth-order valence-electron chi connectivity index (χ4n) is 5.72. The number of nitrogens with one attached hydrogen (secondary N) is 3. The van der Waals surface area contributed by atoms with E-state index in [9.17, 15) is 41.5 Å². The number of amides is 5. The standard InChI is InChI=1S/C26H31F4N5O6/c1-10(2)18(34-24(40)26(28,29)30)23(39)35-9-12-17(25(12,3)4)19(35)22(38)33-14(20(31)36)8-16-21(37)32-13-7-11(27)5-6-15(13)41-16/h5-7,10,12,14,16-19H,8-9H2,1-4H3,(H2,31,36)(H,32,37)(H,33,38)(H,34,40)/t12-,14-,16-,17-,18-,19-/m0/s1. The van der Waals surface area contributed by atoms with E-state index >= 15 is 0 Å². The van der Waals surface area contributed by atoms with Crippen molar-refractivity contribution in [1.82, 2.24) is 15.5 Å². The van der Waals surface area contributed by atoms with E-state index in [0.29, 0.717) is 0 Å². The Bertz CT molecular complexity index is 1290. The molecule has 1 aromatic carbocycles. The molecule has 15 heteroatoms. The zero-order chi connectivity index (χ0) is 30.6. The van der Waals surface area contributed by atoms with Gasteiger partial charge in [0.05, 0.1) is 5.69 Å². The fourth-order valence-corrected chi connectivity index (χ4v) is 5.72. The van der Waals surface area contributed by atoms with E-state index in [1.165, 1.54) is 19.9 Å². The minimum absolute atomic E-state index is 0.0580. The molecule has 1 aromatic rings. The van der Waals surface area contributed by atoms with Crippen molar-refractivity contribution < 1.29 is 46.3 Å². The Kier molecular flexibility index (Phi) is 7.69. The third-order valence-corrected chi connectivity index (χ3v) is 8.11. The number of halogens is 4. The molecule has 6 atom stereocenters. The smallest absolute Gasteiger partial charge is 0.471 e. The van der Waals surface area contributed by atoms with Crippen LogP contribution in [0.15, 0.2) is 18.2 Å². The van der Waals surface area contributed by atoms with Crippen molar-refractivity contribution in [3.8, 4) is 5.75 Å². The van der Waals surface area contributed by atoms with Crippen molar-refractivity contribution in [3.63, 3.8) is 0 Å². The largest absolute Gasteiger partial charge is 0.478 e. The molecule has 1 saturated heterocycles. The summed E-state index contributed by atoms with van der Waals surface area (Å²) in [5, 5.41) is 6.67. The van der Waals surface area contributed by atoms with E-state index in [4.69, 9.17) is 10.5 Å². The molecule has 0 unspecified atom stereocenters. The topological polar surface area (TPSA) is 160 Å². The zero-order valence-corrected chi connectivity index (χ0v) is 22.7. The summed E-state index contributed by atoms with van der Waals surface area (Å²) in [6.07, 6.45) is -6.88. The molecule has 2 fully saturated rings. The van der Waals surface area contributed by atoms with E-state index in [0.717, 1.165) is 17.0 Å². The second-order valence-electron chi connectivity index (χ2n) is 11.5. The average molecular weight is 586 g/mol. The van der Waals surface area contributed by atoms with Crippen LogP contribution in [0.2, 0.25) is 0 Å². The molecule has 2 aliphatic heterocycles. The normalized spacial score (nSPS) is 25.7. The lowest BCUT2D eigenvalue weighted by Crippen LogP contribution is -2.60. The van der Waals surface area contributed by atoms with Crippen LogP contribution in [0.25, 0.3) is 0 Å². The molecule has 0 aromatic heterocycles. The number of alkyl halides is 3. The van der Waals surface area contributed by atoms with Crippen molar-refractivity contribution in [2.45, 2.75) is 64.5 Å². The van der Waals surface area contributed by atoms with Crippen molar-refractivity contribution >= 4 is 35.2 Å². The maximum Gasteiger partial charge on any atom is 0.471 e. The van der Waals surface area contributed by atoms with Gasteiger partial charge in [0, 0.05) is 19.0 Å². The molecule has 11 nitrogen and oxygen atoms in total. The maximum absolute atomic E-state index is 13.6.